The van der Waals surface area contributed by atoms with Crippen molar-refractivity contribution in [1.29, 1.82) is 0 Å². The van der Waals surface area contributed by atoms with Crippen LogP contribution in [-0.4, -0.2) is 25.8 Å². The summed E-state index contributed by atoms with van der Waals surface area (Å²) >= 11 is 0. The number of rotatable bonds is 6. The Kier molecular flexibility index (Phi) is 5.77. The summed E-state index contributed by atoms with van der Waals surface area (Å²) in [5.74, 6) is -2.61. The largest absolute Gasteiger partial charge is 0.481 e. The Bertz CT molecular complexity index is 1220. The summed E-state index contributed by atoms with van der Waals surface area (Å²) in [5.41, 5.74) is 2.97. The number of carboxylic acid groups (broad SMARTS) is 1. The molecular formula is C24H18F3N3O2. The van der Waals surface area contributed by atoms with Crippen molar-refractivity contribution in [2.75, 3.05) is 0 Å². The average Bonchev–Trinajstić information content (AvgIpc) is 3.07. The maximum absolute atomic E-state index is 13.8. The maximum Gasteiger partial charge on any atom is 0.307 e. The molecule has 0 saturated heterocycles. The number of carbonyl (C=O) groups is 1. The maximum atomic E-state index is 13.8. The van der Waals surface area contributed by atoms with Gasteiger partial charge in [-0.05, 0) is 48.4 Å². The normalized spacial score (nSPS) is 11.2. The molecule has 4 rings (SSSR count). The third-order valence-electron chi connectivity index (χ3n) is 5.22. The van der Waals surface area contributed by atoms with Crippen LogP contribution in [0.1, 0.15) is 28.4 Å². The SMILES string of the molecule is Cc1c(CC(=O)O)c(-c2ccnc(F)c2)nn1C(c1ccc(F)cc1)c1ccc(F)cc1. The quantitative estimate of drug-likeness (QED) is 0.434. The lowest BCUT2D eigenvalue weighted by molar-refractivity contribution is -0.136. The van der Waals surface area contributed by atoms with Gasteiger partial charge < -0.3 is 5.11 Å². The van der Waals surface area contributed by atoms with E-state index < -0.39 is 29.6 Å². The molecule has 0 aliphatic rings. The highest BCUT2D eigenvalue weighted by atomic mass is 19.1. The standard InChI is InChI=1S/C24H18F3N3O2/c1-14-20(13-22(31)32)23(17-10-11-28-21(27)12-17)29-30(14)24(15-2-6-18(25)7-3-15)16-4-8-19(26)9-5-16/h2-12,24H,13H2,1H3,(H,31,32). The zero-order chi connectivity index (χ0) is 22.8. The average molecular weight is 437 g/mol. The smallest absolute Gasteiger partial charge is 0.307 e. The molecule has 2 heterocycles. The molecule has 2 aromatic carbocycles. The summed E-state index contributed by atoms with van der Waals surface area (Å²) in [6.45, 7) is 1.71. The van der Waals surface area contributed by atoms with Crippen LogP contribution in [0, 0.1) is 24.5 Å². The summed E-state index contributed by atoms with van der Waals surface area (Å²) in [5, 5.41) is 14.1. The molecule has 162 valence electrons. The van der Waals surface area contributed by atoms with Gasteiger partial charge in [-0.15, -0.1) is 0 Å². The molecule has 0 aliphatic heterocycles. The Hall–Kier alpha value is -3.94. The molecule has 0 unspecified atom stereocenters. The Balaban J connectivity index is 1.95. The molecule has 2 aromatic heterocycles. The first-order valence-corrected chi connectivity index (χ1v) is 9.76. The molecule has 0 atom stereocenters. The van der Waals surface area contributed by atoms with Gasteiger partial charge in [0.1, 0.15) is 17.7 Å². The molecule has 32 heavy (non-hydrogen) atoms. The second-order valence-electron chi connectivity index (χ2n) is 7.30. The van der Waals surface area contributed by atoms with Crippen molar-refractivity contribution in [2.24, 2.45) is 0 Å². The van der Waals surface area contributed by atoms with Crippen LogP contribution in [0.25, 0.3) is 11.3 Å². The van der Waals surface area contributed by atoms with Crippen LogP contribution in [0.4, 0.5) is 13.2 Å². The van der Waals surface area contributed by atoms with E-state index in [0.717, 1.165) is 0 Å². The van der Waals surface area contributed by atoms with Crippen LogP contribution in [-0.2, 0) is 11.2 Å². The minimum atomic E-state index is -1.07. The van der Waals surface area contributed by atoms with E-state index in [-0.39, 0.29) is 6.42 Å². The fourth-order valence-corrected chi connectivity index (χ4v) is 3.71. The molecule has 0 fully saturated rings. The number of carboxylic acids is 1. The highest BCUT2D eigenvalue weighted by molar-refractivity contribution is 5.75. The predicted octanol–water partition coefficient (Wildman–Crippen LogP) is 4.94. The van der Waals surface area contributed by atoms with E-state index in [0.29, 0.717) is 33.6 Å². The fourth-order valence-electron chi connectivity index (χ4n) is 3.71. The van der Waals surface area contributed by atoms with Gasteiger partial charge >= 0.3 is 5.97 Å². The minimum absolute atomic E-state index is 0.306. The lowest BCUT2D eigenvalue weighted by atomic mass is 9.98. The molecule has 5 nitrogen and oxygen atoms in total. The summed E-state index contributed by atoms with van der Waals surface area (Å²) < 4.78 is 42.5. The van der Waals surface area contributed by atoms with E-state index in [2.05, 4.69) is 10.1 Å². The number of pyridine rings is 1. The first-order chi connectivity index (χ1) is 15.3. The fraction of sp³-hybridized carbons (Fsp3) is 0.125. The van der Waals surface area contributed by atoms with Gasteiger partial charge in [-0.1, -0.05) is 24.3 Å². The Morgan fingerprint density at radius 2 is 1.53 bits per heavy atom. The van der Waals surface area contributed by atoms with Gasteiger partial charge in [0.25, 0.3) is 0 Å². The molecule has 0 amide bonds. The van der Waals surface area contributed by atoms with Crippen molar-refractivity contribution < 1.29 is 23.1 Å². The van der Waals surface area contributed by atoms with Crippen molar-refractivity contribution in [3.8, 4) is 11.3 Å². The van der Waals surface area contributed by atoms with Crippen LogP contribution >= 0.6 is 0 Å². The van der Waals surface area contributed by atoms with Gasteiger partial charge in [0, 0.05) is 29.1 Å². The minimum Gasteiger partial charge on any atom is -0.481 e. The van der Waals surface area contributed by atoms with Gasteiger partial charge in [-0.25, -0.2) is 13.8 Å². The molecule has 4 aromatic rings. The first kappa shape index (κ1) is 21.3. The van der Waals surface area contributed by atoms with E-state index >= 15 is 0 Å². The zero-order valence-corrected chi connectivity index (χ0v) is 17.0. The second kappa shape index (κ2) is 8.66. The molecule has 0 spiro atoms. The summed E-state index contributed by atoms with van der Waals surface area (Å²) in [7, 11) is 0. The van der Waals surface area contributed by atoms with Crippen LogP contribution in [0.15, 0.2) is 66.9 Å². The van der Waals surface area contributed by atoms with Crippen molar-refractivity contribution in [2.45, 2.75) is 19.4 Å². The van der Waals surface area contributed by atoms with Crippen LogP contribution in [0.2, 0.25) is 0 Å². The number of halogens is 3. The predicted molar refractivity (Wildman–Crippen MR) is 112 cm³/mol. The van der Waals surface area contributed by atoms with Gasteiger partial charge in [0.2, 0.25) is 5.95 Å². The number of aromatic nitrogens is 3. The van der Waals surface area contributed by atoms with Crippen molar-refractivity contribution >= 4 is 5.97 Å². The summed E-state index contributed by atoms with van der Waals surface area (Å²) in [6, 6.07) is 13.7. The number of nitrogens with zero attached hydrogens (tertiary/aromatic N) is 3. The van der Waals surface area contributed by atoms with Gasteiger partial charge in [0.05, 0.1) is 12.1 Å². The summed E-state index contributed by atoms with van der Waals surface area (Å²) in [4.78, 5) is 15.1. The van der Waals surface area contributed by atoms with E-state index in [1.807, 2.05) is 0 Å². The van der Waals surface area contributed by atoms with E-state index in [9.17, 15) is 23.1 Å². The number of benzene rings is 2. The zero-order valence-electron chi connectivity index (χ0n) is 17.0. The van der Waals surface area contributed by atoms with Crippen LogP contribution in [0.3, 0.4) is 0 Å². The van der Waals surface area contributed by atoms with Gasteiger partial charge in [0.15, 0.2) is 0 Å². The highest BCUT2D eigenvalue weighted by Gasteiger charge is 2.25. The topological polar surface area (TPSA) is 68.0 Å². The van der Waals surface area contributed by atoms with Crippen LogP contribution < -0.4 is 0 Å². The van der Waals surface area contributed by atoms with Gasteiger partial charge in [-0.2, -0.15) is 9.49 Å². The molecule has 8 heteroatoms. The molecule has 0 bridgehead atoms. The van der Waals surface area contributed by atoms with E-state index in [1.165, 1.54) is 36.5 Å². The Morgan fingerprint density at radius 3 is 2.03 bits per heavy atom. The van der Waals surface area contributed by atoms with E-state index in [4.69, 9.17) is 0 Å². The lowest BCUT2D eigenvalue weighted by Gasteiger charge is -2.21. The van der Waals surface area contributed by atoms with Crippen molar-refractivity contribution in [3.63, 3.8) is 0 Å². The van der Waals surface area contributed by atoms with Crippen molar-refractivity contribution in [1.82, 2.24) is 14.8 Å². The molecular weight excluding hydrogens is 419 g/mol. The second-order valence-corrected chi connectivity index (χ2v) is 7.30. The molecule has 0 radical (unpaired) electrons. The molecule has 0 aliphatic carbocycles. The number of aliphatic carboxylic acids is 1. The summed E-state index contributed by atoms with van der Waals surface area (Å²) in [6.07, 6.45) is 0.950. The number of hydrogen-bond donors (Lipinski definition) is 1. The third-order valence-corrected chi connectivity index (χ3v) is 5.22. The molecule has 1 N–H and O–H groups in total. The van der Waals surface area contributed by atoms with Crippen LogP contribution in [0.5, 0.6) is 0 Å². The Labute approximate surface area is 181 Å². The molecule has 0 saturated carbocycles. The third kappa shape index (κ3) is 4.25. The monoisotopic (exact) mass is 437 g/mol. The first-order valence-electron chi connectivity index (χ1n) is 9.76. The lowest BCUT2D eigenvalue weighted by Crippen LogP contribution is -2.16. The van der Waals surface area contributed by atoms with E-state index in [1.54, 1.807) is 41.9 Å². The number of hydrogen-bond acceptors (Lipinski definition) is 3. The highest BCUT2D eigenvalue weighted by Crippen LogP contribution is 2.33. The Morgan fingerprint density at radius 1 is 0.969 bits per heavy atom. The van der Waals surface area contributed by atoms with Gasteiger partial charge in [-0.3, -0.25) is 9.48 Å². The van der Waals surface area contributed by atoms with Crippen molar-refractivity contribution in [3.05, 3.63) is 107 Å².